The standard InChI is InChI=1S/C26H27F4N3O2/c1-16(34)31-15-24-9-10-25(35,26(28,29)30)13-19(24)4-2-3-17-12-23-18(11-22(17)24)14-32-33(23)21-7-5-20(27)6-8-21/h5-8,11-12,14,19,35H,2-4,9-10,13,15H2,1H3,(H,31,34)/t19-,24+,25-/m1/s1. The van der Waals surface area contributed by atoms with E-state index in [4.69, 9.17) is 0 Å². The lowest BCUT2D eigenvalue weighted by molar-refractivity contribution is -0.279. The van der Waals surface area contributed by atoms with Crippen LogP contribution in [0.25, 0.3) is 16.6 Å². The quantitative estimate of drug-likeness (QED) is 0.511. The molecule has 1 heterocycles. The lowest BCUT2D eigenvalue weighted by Gasteiger charge is -2.50. The molecule has 1 aromatic heterocycles. The zero-order chi connectivity index (χ0) is 25.0. The molecule has 0 saturated heterocycles. The molecule has 2 N–H and O–H groups in total. The van der Waals surface area contributed by atoms with Crippen molar-refractivity contribution in [2.75, 3.05) is 6.54 Å². The second-order valence-electron chi connectivity index (χ2n) is 9.99. The molecule has 2 aliphatic carbocycles. The van der Waals surface area contributed by atoms with E-state index in [0.29, 0.717) is 24.9 Å². The first kappa shape index (κ1) is 23.8. The van der Waals surface area contributed by atoms with Crippen molar-refractivity contribution < 1.29 is 27.5 Å². The minimum Gasteiger partial charge on any atom is -0.380 e. The van der Waals surface area contributed by atoms with Gasteiger partial charge in [0.1, 0.15) is 5.82 Å². The fraction of sp³-hybridized carbons (Fsp3) is 0.462. The fourth-order valence-electron chi connectivity index (χ4n) is 6.05. The smallest absolute Gasteiger partial charge is 0.380 e. The molecule has 2 aromatic carbocycles. The average Bonchev–Trinajstić information content (AvgIpc) is 3.14. The molecule has 0 aliphatic heterocycles. The van der Waals surface area contributed by atoms with Gasteiger partial charge in [-0.15, -0.1) is 0 Å². The van der Waals surface area contributed by atoms with E-state index in [0.717, 1.165) is 22.0 Å². The van der Waals surface area contributed by atoms with Crippen molar-refractivity contribution in [1.29, 1.82) is 0 Å². The Morgan fingerprint density at radius 1 is 1.23 bits per heavy atom. The molecule has 0 bridgehead atoms. The van der Waals surface area contributed by atoms with Gasteiger partial charge in [-0.3, -0.25) is 4.79 Å². The second kappa shape index (κ2) is 8.33. The first-order valence-corrected chi connectivity index (χ1v) is 11.8. The molecule has 1 saturated carbocycles. The summed E-state index contributed by atoms with van der Waals surface area (Å²) in [6.07, 6.45) is -1.85. The van der Waals surface area contributed by atoms with Crippen LogP contribution in [0.3, 0.4) is 0 Å². The maximum Gasteiger partial charge on any atom is 0.417 e. The number of rotatable bonds is 3. The van der Waals surface area contributed by atoms with Crippen LogP contribution in [0.5, 0.6) is 0 Å². The van der Waals surface area contributed by atoms with Crippen molar-refractivity contribution in [2.45, 2.75) is 62.6 Å². The molecule has 1 fully saturated rings. The number of halogens is 4. The monoisotopic (exact) mass is 489 g/mol. The zero-order valence-corrected chi connectivity index (χ0v) is 19.3. The van der Waals surface area contributed by atoms with Crippen LogP contribution in [-0.4, -0.2) is 39.1 Å². The number of aromatic nitrogens is 2. The van der Waals surface area contributed by atoms with E-state index < -0.39 is 29.5 Å². The predicted molar refractivity (Wildman–Crippen MR) is 123 cm³/mol. The molecule has 186 valence electrons. The Kier molecular flexibility index (Phi) is 5.66. The van der Waals surface area contributed by atoms with Crippen LogP contribution >= 0.6 is 0 Å². The Morgan fingerprint density at radius 3 is 2.66 bits per heavy atom. The number of carbonyl (C=O) groups excluding carboxylic acids is 1. The summed E-state index contributed by atoms with van der Waals surface area (Å²) in [6, 6.07) is 10.0. The number of hydrogen-bond acceptors (Lipinski definition) is 3. The van der Waals surface area contributed by atoms with Gasteiger partial charge in [0.2, 0.25) is 5.91 Å². The molecule has 0 spiro atoms. The van der Waals surface area contributed by atoms with Crippen LogP contribution in [0.15, 0.2) is 42.6 Å². The molecule has 0 radical (unpaired) electrons. The van der Waals surface area contributed by atoms with Gasteiger partial charge < -0.3 is 10.4 Å². The number of hydrogen-bond donors (Lipinski definition) is 2. The van der Waals surface area contributed by atoms with Crippen LogP contribution in [0, 0.1) is 11.7 Å². The first-order valence-electron chi connectivity index (χ1n) is 11.8. The summed E-state index contributed by atoms with van der Waals surface area (Å²) >= 11 is 0. The summed E-state index contributed by atoms with van der Waals surface area (Å²) in [5.74, 6) is -1.03. The van der Waals surface area contributed by atoms with E-state index in [-0.39, 0.29) is 31.1 Å². The Bertz CT molecular complexity index is 1270. The normalized spacial score (nSPS) is 26.6. The molecular weight excluding hydrogens is 462 g/mol. The average molecular weight is 490 g/mol. The van der Waals surface area contributed by atoms with Gasteiger partial charge in [-0.05, 0) is 92.0 Å². The number of nitrogens with zero attached hydrogens (tertiary/aromatic N) is 2. The highest BCUT2D eigenvalue weighted by atomic mass is 19.4. The molecule has 9 heteroatoms. The lowest BCUT2D eigenvalue weighted by atomic mass is 9.57. The maximum absolute atomic E-state index is 13.8. The number of fused-ring (bicyclic) bond motifs is 4. The van der Waals surface area contributed by atoms with Gasteiger partial charge in [-0.2, -0.15) is 18.3 Å². The number of aliphatic hydroxyl groups is 1. The molecular formula is C26H27F4N3O2. The Balaban J connectivity index is 1.63. The third-order valence-electron chi connectivity index (χ3n) is 7.93. The topological polar surface area (TPSA) is 67.2 Å². The van der Waals surface area contributed by atoms with Crippen LogP contribution in [-0.2, 0) is 16.6 Å². The predicted octanol–water partition coefficient (Wildman–Crippen LogP) is 4.97. The van der Waals surface area contributed by atoms with Crippen LogP contribution in [0.4, 0.5) is 17.6 Å². The van der Waals surface area contributed by atoms with E-state index in [2.05, 4.69) is 10.4 Å². The van der Waals surface area contributed by atoms with Gasteiger partial charge in [-0.25, -0.2) is 9.07 Å². The van der Waals surface area contributed by atoms with Crippen molar-refractivity contribution in [3.05, 3.63) is 59.5 Å². The molecule has 2 aliphatic rings. The molecule has 35 heavy (non-hydrogen) atoms. The molecule has 5 nitrogen and oxygen atoms in total. The second-order valence-corrected chi connectivity index (χ2v) is 9.99. The summed E-state index contributed by atoms with van der Waals surface area (Å²) < 4.78 is 56.4. The van der Waals surface area contributed by atoms with E-state index in [1.54, 1.807) is 23.0 Å². The third-order valence-corrected chi connectivity index (χ3v) is 7.93. The van der Waals surface area contributed by atoms with Crippen molar-refractivity contribution in [1.82, 2.24) is 15.1 Å². The molecule has 5 rings (SSSR count). The fourth-order valence-corrected chi connectivity index (χ4v) is 6.05. The van der Waals surface area contributed by atoms with Crippen molar-refractivity contribution in [3.63, 3.8) is 0 Å². The van der Waals surface area contributed by atoms with E-state index in [1.165, 1.54) is 19.1 Å². The number of nitrogens with one attached hydrogen (secondary N) is 1. The highest BCUT2D eigenvalue weighted by molar-refractivity contribution is 5.83. The van der Waals surface area contributed by atoms with Gasteiger partial charge >= 0.3 is 6.18 Å². The van der Waals surface area contributed by atoms with Crippen molar-refractivity contribution in [3.8, 4) is 5.69 Å². The van der Waals surface area contributed by atoms with E-state index >= 15 is 0 Å². The molecule has 1 amide bonds. The summed E-state index contributed by atoms with van der Waals surface area (Å²) in [5.41, 5.74) is 0.0104. The minimum atomic E-state index is -4.71. The van der Waals surface area contributed by atoms with Gasteiger partial charge in [-0.1, -0.05) is 0 Å². The number of alkyl halides is 3. The summed E-state index contributed by atoms with van der Waals surface area (Å²) in [4.78, 5) is 11.9. The third kappa shape index (κ3) is 3.99. The van der Waals surface area contributed by atoms with E-state index in [9.17, 15) is 27.5 Å². The molecule has 0 unspecified atom stereocenters. The number of benzene rings is 2. The highest BCUT2D eigenvalue weighted by Crippen LogP contribution is 2.55. The summed E-state index contributed by atoms with van der Waals surface area (Å²) in [5, 5.41) is 18.7. The highest BCUT2D eigenvalue weighted by Gasteiger charge is 2.61. The SMILES string of the molecule is CC(=O)NC[C@@]12CC[C@](O)(C(F)(F)F)C[C@H]1CCCc1cc3c(cnn3-c3ccc(F)cc3)cc12. The maximum atomic E-state index is 13.8. The summed E-state index contributed by atoms with van der Waals surface area (Å²) in [6.45, 7) is 1.61. The van der Waals surface area contributed by atoms with Crippen molar-refractivity contribution in [2.24, 2.45) is 5.92 Å². The van der Waals surface area contributed by atoms with Gasteiger partial charge in [0.15, 0.2) is 5.60 Å². The van der Waals surface area contributed by atoms with Gasteiger partial charge in [0.25, 0.3) is 0 Å². The van der Waals surface area contributed by atoms with Crippen molar-refractivity contribution >= 4 is 16.8 Å². The Hall–Kier alpha value is -2.94. The van der Waals surface area contributed by atoms with Gasteiger partial charge in [0.05, 0.1) is 17.4 Å². The largest absolute Gasteiger partial charge is 0.417 e. The first-order chi connectivity index (χ1) is 16.5. The van der Waals surface area contributed by atoms with E-state index in [1.807, 2.05) is 12.1 Å². The number of aryl methyl sites for hydroxylation is 1. The zero-order valence-electron chi connectivity index (χ0n) is 19.3. The van der Waals surface area contributed by atoms with Crippen LogP contribution < -0.4 is 5.32 Å². The van der Waals surface area contributed by atoms with Crippen LogP contribution in [0.2, 0.25) is 0 Å². The summed E-state index contributed by atoms with van der Waals surface area (Å²) in [7, 11) is 0. The number of amides is 1. The molecule has 3 atom stereocenters. The Labute approximate surface area is 200 Å². The van der Waals surface area contributed by atoms with Crippen LogP contribution in [0.1, 0.15) is 50.2 Å². The Morgan fingerprint density at radius 2 is 1.97 bits per heavy atom. The number of carbonyl (C=O) groups is 1. The molecule has 3 aromatic rings. The van der Waals surface area contributed by atoms with Gasteiger partial charge in [0, 0.05) is 24.3 Å². The lowest BCUT2D eigenvalue weighted by Crippen LogP contribution is -2.57. The minimum absolute atomic E-state index is 0.110.